The number of unbranched alkanes of at least 4 members (excludes halogenated alkanes) is 30. The smallest absolute Gasteiger partial charge is 0.306 e. The molecule has 0 aliphatic heterocycles. The molecule has 0 aliphatic rings. The first-order valence-corrected chi connectivity index (χ1v) is 29.4. The lowest BCUT2D eigenvalue weighted by atomic mass is 10.0. The highest BCUT2D eigenvalue weighted by molar-refractivity contribution is 5.71. The third kappa shape index (κ3) is 55.6. The number of ether oxygens (including phenoxy) is 3. The molecule has 0 heterocycles. The standard InChI is InChI=1S/C63H110O6/c1-4-7-10-13-16-19-22-25-28-30-31-33-35-38-41-44-47-50-53-56-62(65)68-59-60(58-67-61(64)55-52-49-46-43-40-37-34-27-24-21-18-15-12-9-6-3)69-63(66)57-54-51-48-45-42-39-36-32-29-26-23-20-17-14-11-8-5-2/h7,10,16,19,21,24-25,28,31,33,38,41,60H,4-6,8-9,11-15,17-18,20,22-23,26-27,29-30,32,34-37,39-40,42-59H2,1-3H3/b10-7-,19-16-,24-21-,28-25-,33-31-,41-38-/t60-/m0/s1. The van der Waals surface area contributed by atoms with E-state index in [1.165, 1.54) is 154 Å². The summed E-state index contributed by atoms with van der Waals surface area (Å²) in [5.41, 5.74) is 0. The number of carbonyl (C=O) groups is 3. The minimum atomic E-state index is -0.789. The summed E-state index contributed by atoms with van der Waals surface area (Å²) in [4.78, 5) is 38.2. The van der Waals surface area contributed by atoms with E-state index in [-0.39, 0.29) is 31.1 Å². The molecule has 0 fully saturated rings. The minimum Gasteiger partial charge on any atom is -0.462 e. The van der Waals surface area contributed by atoms with Crippen molar-refractivity contribution in [3.8, 4) is 0 Å². The van der Waals surface area contributed by atoms with E-state index in [1.54, 1.807) is 0 Å². The summed E-state index contributed by atoms with van der Waals surface area (Å²) in [6.07, 6.45) is 73.2. The summed E-state index contributed by atoms with van der Waals surface area (Å²) in [6, 6.07) is 0. The van der Waals surface area contributed by atoms with Crippen molar-refractivity contribution in [3.05, 3.63) is 72.9 Å². The molecule has 0 aliphatic carbocycles. The van der Waals surface area contributed by atoms with Crippen LogP contribution in [0.2, 0.25) is 0 Å². The molecule has 0 N–H and O–H groups in total. The molecule has 6 nitrogen and oxygen atoms in total. The molecule has 398 valence electrons. The molecule has 0 bridgehead atoms. The zero-order valence-electron chi connectivity index (χ0n) is 45.6. The Morgan fingerprint density at radius 2 is 0.565 bits per heavy atom. The second-order valence-electron chi connectivity index (χ2n) is 19.5. The van der Waals surface area contributed by atoms with E-state index in [0.29, 0.717) is 19.3 Å². The predicted octanol–water partition coefficient (Wildman–Crippen LogP) is 19.8. The van der Waals surface area contributed by atoms with Crippen LogP contribution in [0.3, 0.4) is 0 Å². The van der Waals surface area contributed by atoms with E-state index in [9.17, 15) is 14.4 Å². The van der Waals surface area contributed by atoms with Gasteiger partial charge < -0.3 is 14.2 Å². The summed E-state index contributed by atoms with van der Waals surface area (Å²) < 4.78 is 16.9. The number of hydrogen-bond donors (Lipinski definition) is 0. The van der Waals surface area contributed by atoms with Gasteiger partial charge in [0.2, 0.25) is 0 Å². The van der Waals surface area contributed by atoms with Gasteiger partial charge in [-0.1, -0.05) is 254 Å². The normalized spacial score (nSPS) is 12.6. The van der Waals surface area contributed by atoms with Crippen molar-refractivity contribution < 1.29 is 28.6 Å². The average Bonchev–Trinajstić information content (AvgIpc) is 3.35. The van der Waals surface area contributed by atoms with Crippen molar-refractivity contribution in [2.75, 3.05) is 13.2 Å². The van der Waals surface area contributed by atoms with Gasteiger partial charge in [0.05, 0.1) is 0 Å². The fraction of sp³-hybridized carbons (Fsp3) is 0.762. The Labute approximate surface area is 427 Å². The Hall–Kier alpha value is -3.15. The molecule has 1 atom stereocenters. The maximum absolute atomic E-state index is 12.9. The fourth-order valence-corrected chi connectivity index (χ4v) is 8.29. The summed E-state index contributed by atoms with van der Waals surface area (Å²) >= 11 is 0. The summed E-state index contributed by atoms with van der Waals surface area (Å²) in [7, 11) is 0. The molecule has 0 aromatic heterocycles. The molecule has 0 radical (unpaired) electrons. The topological polar surface area (TPSA) is 78.9 Å². The number of carbonyl (C=O) groups excluding carboxylic acids is 3. The van der Waals surface area contributed by atoms with Crippen LogP contribution >= 0.6 is 0 Å². The van der Waals surface area contributed by atoms with Crippen molar-refractivity contribution in [2.24, 2.45) is 0 Å². The van der Waals surface area contributed by atoms with Gasteiger partial charge in [0.15, 0.2) is 6.10 Å². The zero-order valence-corrected chi connectivity index (χ0v) is 45.6. The minimum absolute atomic E-state index is 0.0860. The Bertz CT molecular complexity index is 1290. The lowest BCUT2D eigenvalue weighted by Crippen LogP contribution is -2.30. The largest absolute Gasteiger partial charge is 0.462 e. The first-order chi connectivity index (χ1) is 34.0. The predicted molar refractivity (Wildman–Crippen MR) is 298 cm³/mol. The first kappa shape index (κ1) is 65.8. The van der Waals surface area contributed by atoms with Gasteiger partial charge in [0, 0.05) is 19.3 Å². The zero-order chi connectivity index (χ0) is 50.0. The molecule has 6 heteroatoms. The molecule has 0 saturated carbocycles. The van der Waals surface area contributed by atoms with Crippen molar-refractivity contribution in [3.63, 3.8) is 0 Å². The Morgan fingerprint density at radius 1 is 0.304 bits per heavy atom. The first-order valence-electron chi connectivity index (χ1n) is 29.4. The second kappa shape index (κ2) is 57.4. The quantitative estimate of drug-likeness (QED) is 0.0262. The highest BCUT2D eigenvalue weighted by atomic mass is 16.6. The van der Waals surface area contributed by atoms with Gasteiger partial charge in [0.25, 0.3) is 0 Å². The van der Waals surface area contributed by atoms with Crippen LogP contribution in [0.15, 0.2) is 72.9 Å². The third-order valence-electron chi connectivity index (χ3n) is 12.7. The van der Waals surface area contributed by atoms with Crippen LogP contribution in [-0.4, -0.2) is 37.2 Å². The van der Waals surface area contributed by atoms with Crippen LogP contribution in [0.1, 0.15) is 290 Å². The van der Waals surface area contributed by atoms with Crippen molar-refractivity contribution in [2.45, 2.75) is 297 Å². The highest BCUT2D eigenvalue weighted by Crippen LogP contribution is 2.16. The second-order valence-corrected chi connectivity index (χ2v) is 19.5. The molecular weight excluding hydrogens is 853 g/mol. The lowest BCUT2D eigenvalue weighted by Gasteiger charge is -2.18. The molecule has 0 rings (SSSR count). The molecule has 0 spiro atoms. The van der Waals surface area contributed by atoms with E-state index >= 15 is 0 Å². The molecular formula is C63H110O6. The molecule has 0 saturated heterocycles. The summed E-state index contributed by atoms with van der Waals surface area (Å²) in [6.45, 7) is 6.51. The molecule has 0 amide bonds. The number of hydrogen-bond acceptors (Lipinski definition) is 6. The molecule has 69 heavy (non-hydrogen) atoms. The van der Waals surface area contributed by atoms with Gasteiger partial charge in [0.1, 0.15) is 13.2 Å². The lowest BCUT2D eigenvalue weighted by molar-refractivity contribution is -0.167. The van der Waals surface area contributed by atoms with Crippen LogP contribution < -0.4 is 0 Å². The van der Waals surface area contributed by atoms with Gasteiger partial charge in [-0.15, -0.1) is 0 Å². The van der Waals surface area contributed by atoms with Gasteiger partial charge in [-0.3, -0.25) is 14.4 Å². The monoisotopic (exact) mass is 963 g/mol. The van der Waals surface area contributed by atoms with Gasteiger partial charge in [-0.2, -0.15) is 0 Å². The number of rotatable bonds is 53. The van der Waals surface area contributed by atoms with E-state index in [4.69, 9.17) is 14.2 Å². The van der Waals surface area contributed by atoms with Crippen LogP contribution in [-0.2, 0) is 28.6 Å². The average molecular weight is 964 g/mol. The summed E-state index contributed by atoms with van der Waals surface area (Å²) in [5.74, 6) is -0.911. The Morgan fingerprint density at radius 3 is 0.928 bits per heavy atom. The van der Waals surface area contributed by atoms with E-state index < -0.39 is 6.10 Å². The van der Waals surface area contributed by atoms with Crippen LogP contribution in [0, 0.1) is 0 Å². The number of allylic oxidation sites excluding steroid dienone is 12. The van der Waals surface area contributed by atoms with E-state index in [1.807, 2.05) is 0 Å². The number of esters is 3. The Kier molecular flexibility index (Phi) is 54.8. The van der Waals surface area contributed by atoms with Crippen LogP contribution in [0.25, 0.3) is 0 Å². The van der Waals surface area contributed by atoms with Crippen LogP contribution in [0.4, 0.5) is 0 Å². The van der Waals surface area contributed by atoms with E-state index in [0.717, 1.165) is 96.3 Å². The van der Waals surface area contributed by atoms with Gasteiger partial charge in [-0.05, 0) is 89.9 Å². The van der Waals surface area contributed by atoms with Gasteiger partial charge >= 0.3 is 17.9 Å². The SMILES string of the molecule is CC/C=C\C/C=C\C/C=C\C/C=C\C/C=C\CCCCCC(=O)OC[C@H](COC(=O)CCCCCCCCC/C=C\CCCCCC)OC(=O)CCCCCCCCCCCCCCCCCCC. The van der Waals surface area contributed by atoms with Crippen molar-refractivity contribution in [1.82, 2.24) is 0 Å². The maximum atomic E-state index is 12.9. The molecule has 0 unspecified atom stereocenters. The maximum Gasteiger partial charge on any atom is 0.306 e. The molecule has 0 aromatic carbocycles. The van der Waals surface area contributed by atoms with Crippen LogP contribution in [0.5, 0.6) is 0 Å². The highest BCUT2D eigenvalue weighted by Gasteiger charge is 2.19. The van der Waals surface area contributed by atoms with Crippen molar-refractivity contribution in [1.29, 1.82) is 0 Å². The van der Waals surface area contributed by atoms with E-state index in [2.05, 4.69) is 93.7 Å². The summed E-state index contributed by atoms with van der Waals surface area (Å²) in [5, 5.41) is 0. The Balaban J connectivity index is 4.42. The van der Waals surface area contributed by atoms with Crippen molar-refractivity contribution >= 4 is 17.9 Å². The fourth-order valence-electron chi connectivity index (χ4n) is 8.29. The molecule has 0 aromatic rings. The third-order valence-corrected chi connectivity index (χ3v) is 12.7. The van der Waals surface area contributed by atoms with Gasteiger partial charge in [-0.25, -0.2) is 0 Å².